The van der Waals surface area contributed by atoms with Crippen LogP contribution < -0.4 is 5.56 Å². The van der Waals surface area contributed by atoms with Crippen molar-refractivity contribution in [2.45, 2.75) is 40.3 Å². The number of halogens is 2. The zero-order chi connectivity index (χ0) is 14.9. The highest BCUT2D eigenvalue weighted by Crippen LogP contribution is 2.23. The van der Waals surface area contributed by atoms with Crippen molar-refractivity contribution < 1.29 is 0 Å². The first kappa shape index (κ1) is 15.7. The Bertz CT molecular complexity index is 692. The first-order chi connectivity index (χ1) is 9.49. The molecule has 0 amide bonds. The third-order valence-electron chi connectivity index (χ3n) is 3.21. The molecule has 0 bridgehead atoms. The summed E-state index contributed by atoms with van der Waals surface area (Å²) in [5, 5.41) is 4.56. The third-order valence-corrected chi connectivity index (χ3v) is 4.86. The lowest BCUT2D eigenvalue weighted by molar-refractivity contribution is 0.577. The summed E-state index contributed by atoms with van der Waals surface area (Å²) >= 11 is 5.63. The Kier molecular flexibility index (Phi) is 5.00. The van der Waals surface area contributed by atoms with E-state index in [1.165, 1.54) is 0 Å². The minimum Gasteiger partial charge on any atom is -0.290 e. The maximum Gasteiger partial charge on any atom is 0.267 e. The highest BCUT2D eigenvalue weighted by molar-refractivity contribution is 14.1. The van der Waals surface area contributed by atoms with Crippen LogP contribution in [0.2, 0.25) is 0 Å². The van der Waals surface area contributed by atoms with Crippen molar-refractivity contribution >= 4 is 38.5 Å². The number of nitrogens with zero attached hydrogens (tertiary/aromatic N) is 4. The standard InChI is InChI=1S/C13H16BrIN4O/c1-4-10-12(14)11(19(5-2)17-10)7-18-8(3)16-6-9(15)13(18)20/h6H,4-5,7H2,1-3H3. The van der Waals surface area contributed by atoms with E-state index >= 15 is 0 Å². The summed E-state index contributed by atoms with van der Waals surface area (Å²) in [4.78, 5) is 16.5. The third kappa shape index (κ3) is 2.83. The van der Waals surface area contributed by atoms with Crippen LogP contribution in [0.3, 0.4) is 0 Å². The van der Waals surface area contributed by atoms with Gasteiger partial charge in [-0.25, -0.2) is 4.98 Å². The number of rotatable bonds is 4. The molecule has 0 unspecified atom stereocenters. The van der Waals surface area contributed by atoms with Crippen molar-refractivity contribution in [3.63, 3.8) is 0 Å². The molecule has 5 nitrogen and oxygen atoms in total. The van der Waals surface area contributed by atoms with E-state index in [1.54, 1.807) is 10.8 Å². The van der Waals surface area contributed by atoms with Gasteiger partial charge in [0.1, 0.15) is 5.82 Å². The molecule has 20 heavy (non-hydrogen) atoms. The smallest absolute Gasteiger partial charge is 0.267 e. The molecule has 7 heteroatoms. The SMILES string of the molecule is CCc1nn(CC)c(Cn2c(C)ncc(I)c2=O)c1Br. The van der Waals surface area contributed by atoms with Gasteiger partial charge in [0.15, 0.2) is 0 Å². The fraction of sp³-hybridized carbons (Fsp3) is 0.462. The molecule has 0 aliphatic carbocycles. The minimum absolute atomic E-state index is 0.00750. The molecule has 0 fully saturated rings. The monoisotopic (exact) mass is 450 g/mol. The van der Waals surface area contributed by atoms with Crippen LogP contribution in [0.25, 0.3) is 0 Å². The Labute approximate surface area is 139 Å². The molecule has 0 aliphatic heterocycles. The predicted molar refractivity (Wildman–Crippen MR) is 90.0 cm³/mol. The second-order valence-electron chi connectivity index (χ2n) is 4.42. The van der Waals surface area contributed by atoms with E-state index in [2.05, 4.69) is 32.9 Å². The minimum atomic E-state index is -0.00750. The zero-order valence-electron chi connectivity index (χ0n) is 11.7. The number of hydrogen-bond donors (Lipinski definition) is 0. The predicted octanol–water partition coefficient (Wildman–Crippen LogP) is 2.75. The second kappa shape index (κ2) is 6.38. The van der Waals surface area contributed by atoms with Gasteiger partial charge >= 0.3 is 0 Å². The van der Waals surface area contributed by atoms with Crippen molar-refractivity contribution in [2.75, 3.05) is 0 Å². The lowest BCUT2D eigenvalue weighted by Gasteiger charge is -2.11. The summed E-state index contributed by atoms with van der Waals surface area (Å²) in [6.07, 6.45) is 2.47. The molecule has 0 saturated carbocycles. The van der Waals surface area contributed by atoms with E-state index in [0.717, 1.165) is 28.8 Å². The average Bonchev–Trinajstić information content (AvgIpc) is 2.75. The van der Waals surface area contributed by atoms with Crippen molar-refractivity contribution in [1.29, 1.82) is 0 Å². The highest BCUT2D eigenvalue weighted by atomic mass is 127. The summed E-state index contributed by atoms with van der Waals surface area (Å²) in [6.45, 7) is 7.22. The van der Waals surface area contributed by atoms with Gasteiger partial charge in [-0.3, -0.25) is 14.0 Å². The number of aryl methyl sites for hydroxylation is 3. The molecule has 0 radical (unpaired) electrons. The van der Waals surface area contributed by atoms with Crippen molar-refractivity contribution in [3.8, 4) is 0 Å². The quantitative estimate of drug-likeness (QED) is 0.673. The first-order valence-electron chi connectivity index (χ1n) is 6.45. The molecule has 0 aliphatic rings. The molecule has 108 valence electrons. The van der Waals surface area contributed by atoms with Gasteiger partial charge in [0.2, 0.25) is 0 Å². The van der Waals surface area contributed by atoms with Crippen LogP contribution in [0.4, 0.5) is 0 Å². The summed E-state index contributed by atoms with van der Waals surface area (Å²) in [5.74, 6) is 0.712. The van der Waals surface area contributed by atoms with E-state index in [1.807, 2.05) is 41.1 Å². The number of aromatic nitrogens is 4. The van der Waals surface area contributed by atoms with Crippen molar-refractivity contribution in [3.05, 3.63) is 41.8 Å². The Morgan fingerprint density at radius 2 is 2.10 bits per heavy atom. The molecule has 2 heterocycles. The first-order valence-corrected chi connectivity index (χ1v) is 8.32. The van der Waals surface area contributed by atoms with Gasteiger partial charge < -0.3 is 0 Å². The van der Waals surface area contributed by atoms with Crippen LogP contribution in [0.5, 0.6) is 0 Å². The normalized spacial score (nSPS) is 11.1. The largest absolute Gasteiger partial charge is 0.290 e. The Morgan fingerprint density at radius 1 is 1.40 bits per heavy atom. The van der Waals surface area contributed by atoms with Gasteiger partial charge in [0.25, 0.3) is 5.56 Å². The molecule has 0 atom stereocenters. The van der Waals surface area contributed by atoms with Crippen molar-refractivity contribution in [2.24, 2.45) is 0 Å². The van der Waals surface area contributed by atoms with Gasteiger partial charge in [0, 0.05) is 12.7 Å². The van der Waals surface area contributed by atoms with Crippen LogP contribution in [0.1, 0.15) is 31.1 Å². The van der Waals surface area contributed by atoms with Gasteiger partial charge in [-0.15, -0.1) is 0 Å². The van der Waals surface area contributed by atoms with Gasteiger partial charge in [-0.1, -0.05) is 6.92 Å². The van der Waals surface area contributed by atoms with E-state index in [-0.39, 0.29) is 5.56 Å². The second-order valence-corrected chi connectivity index (χ2v) is 6.38. The molecule has 2 rings (SSSR count). The maximum atomic E-state index is 12.3. The maximum absolute atomic E-state index is 12.3. The van der Waals surface area contributed by atoms with Crippen LogP contribution in [0, 0.1) is 10.5 Å². The van der Waals surface area contributed by atoms with Crippen LogP contribution in [0.15, 0.2) is 15.5 Å². The van der Waals surface area contributed by atoms with E-state index < -0.39 is 0 Å². The van der Waals surface area contributed by atoms with E-state index in [9.17, 15) is 4.79 Å². The van der Waals surface area contributed by atoms with Crippen LogP contribution in [-0.2, 0) is 19.5 Å². The van der Waals surface area contributed by atoms with Gasteiger partial charge in [-0.2, -0.15) is 5.10 Å². The number of hydrogen-bond acceptors (Lipinski definition) is 3. The van der Waals surface area contributed by atoms with E-state index in [4.69, 9.17) is 0 Å². The Morgan fingerprint density at radius 3 is 2.70 bits per heavy atom. The zero-order valence-corrected chi connectivity index (χ0v) is 15.4. The molecular weight excluding hydrogens is 435 g/mol. The summed E-state index contributed by atoms with van der Waals surface area (Å²) in [6, 6.07) is 0. The summed E-state index contributed by atoms with van der Waals surface area (Å²) < 4.78 is 5.25. The summed E-state index contributed by atoms with van der Waals surface area (Å²) in [7, 11) is 0. The Hall–Kier alpha value is -0.700. The highest BCUT2D eigenvalue weighted by Gasteiger charge is 2.16. The Balaban J connectivity index is 2.53. The lowest BCUT2D eigenvalue weighted by Crippen LogP contribution is -2.27. The molecule has 2 aromatic rings. The molecule has 0 saturated heterocycles. The average molecular weight is 451 g/mol. The van der Waals surface area contributed by atoms with Gasteiger partial charge in [0.05, 0.1) is 26.0 Å². The topological polar surface area (TPSA) is 52.7 Å². The molecule has 0 aromatic carbocycles. The van der Waals surface area contributed by atoms with Gasteiger partial charge in [-0.05, 0) is 58.8 Å². The van der Waals surface area contributed by atoms with E-state index in [0.29, 0.717) is 15.9 Å². The fourth-order valence-electron chi connectivity index (χ4n) is 2.06. The van der Waals surface area contributed by atoms with Crippen molar-refractivity contribution in [1.82, 2.24) is 19.3 Å². The van der Waals surface area contributed by atoms with Crippen LogP contribution >= 0.6 is 38.5 Å². The fourth-order valence-corrected chi connectivity index (χ4v) is 3.18. The lowest BCUT2D eigenvalue weighted by atomic mass is 10.3. The molecule has 2 aromatic heterocycles. The molecular formula is C13H16BrIN4O. The molecule has 0 N–H and O–H groups in total. The molecule has 0 spiro atoms. The summed E-state index contributed by atoms with van der Waals surface area (Å²) in [5.41, 5.74) is 2.02. The van der Waals surface area contributed by atoms with Crippen LogP contribution in [-0.4, -0.2) is 19.3 Å².